The fraction of sp³-hybridized carbons (Fsp3) is 0.508. The summed E-state index contributed by atoms with van der Waals surface area (Å²) < 4.78 is 16.4. The summed E-state index contributed by atoms with van der Waals surface area (Å²) in [4.78, 5) is 132. The standard InChI is InChI=1S/C33H41N3O9.C17H27NO3.C8H9NO4.CH4/c1-21(18-22(2)32(43)45-33(3,4)5)19-23-10-11-25(44-31(42)9-7-17-36-29(40)14-15-30(36)41)24(20-23)34-26(37)8-6-16-35-27(38)12-13-28(35)39;1-11(8-12(2)16(20)21-17(3,4)5)9-13-6-7-15(19)14(18)10-13;10-6-3-4-7(11)9(6)5-1-2-8(12)13;/h10-15,20-22H,6-9,16-19H2,1-5H3,(H,34,37);6-7,10-12,19H,8-9,18H2,1-5H3;3-4H,1-2,5H2,(H,12,13);1H4/t21-,22?;11-,12?;;/m11../s1. The lowest BCUT2D eigenvalue weighted by Gasteiger charge is -2.23. The number of nitrogens with one attached hydrogen (secondary N) is 1. The highest BCUT2D eigenvalue weighted by Gasteiger charge is 2.28. The van der Waals surface area contributed by atoms with Gasteiger partial charge in [0.2, 0.25) is 5.91 Å². The van der Waals surface area contributed by atoms with Gasteiger partial charge in [0.15, 0.2) is 5.75 Å². The van der Waals surface area contributed by atoms with Crippen molar-refractivity contribution in [2.75, 3.05) is 30.7 Å². The van der Waals surface area contributed by atoms with Crippen molar-refractivity contribution in [2.24, 2.45) is 23.7 Å². The molecule has 2 aromatic carbocycles. The summed E-state index contributed by atoms with van der Waals surface area (Å²) in [5.41, 5.74) is 7.23. The maximum absolute atomic E-state index is 12.9. The molecule has 21 nitrogen and oxygen atoms in total. The molecule has 0 aliphatic carbocycles. The van der Waals surface area contributed by atoms with Gasteiger partial charge < -0.3 is 35.5 Å². The number of nitrogen functional groups attached to an aromatic ring is 1. The Labute approximate surface area is 468 Å². The Morgan fingerprint density at radius 3 is 1.34 bits per heavy atom. The van der Waals surface area contributed by atoms with Crippen molar-refractivity contribution in [3.8, 4) is 11.5 Å². The number of nitrogens with zero attached hydrogens (tertiary/aromatic N) is 3. The molecule has 5 N–H and O–H groups in total. The van der Waals surface area contributed by atoms with Gasteiger partial charge in [-0.05, 0) is 134 Å². The Morgan fingerprint density at radius 1 is 0.575 bits per heavy atom. The van der Waals surface area contributed by atoms with Gasteiger partial charge >= 0.3 is 23.9 Å². The van der Waals surface area contributed by atoms with E-state index in [2.05, 4.69) is 12.2 Å². The molecule has 438 valence electrons. The third kappa shape index (κ3) is 24.4. The maximum Gasteiger partial charge on any atom is 0.311 e. The second kappa shape index (κ2) is 31.6. The lowest BCUT2D eigenvalue weighted by atomic mass is 9.91. The number of carboxylic acid groups (broad SMARTS) is 1. The number of benzene rings is 2. The Hall–Kier alpha value is -7.97. The van der Waals surface area contributed by atoms with Crippen molar-refractivity contribution >= 4 is 76.6 Å². The topological polar surface area (TPSA) is 304 Å². The van der Waals surface area contributed by atoms with Crippen LogP contribution < -0.4 is 15.8 Å². The van der Waals surface area contributed by atoms with Gasteiger partial charge in [-0.2, -0.15) is 0 Å². The molecule has 0 bridgehead atoms. The number of aromatic hydroxyl groups is 1. The summed E-state index contributed by atoms with van der Waals surface area (Å²) >= 11 is 0. The lowest BCUT2D eigenvalue weighted by molar-refractivity contribution is -0.161. The fourth-order valence-electron chi connectivity index (χ4n) is 8.31. The first-order valence-corrected chi connectivity index (χ1v) is 26.3. The number of amides is 7. The van der Waals surface area contributed by atoms with Crippen LogP contribution in [0.15, 0.2) is 72.9 Å². The number of nitrogens with two attached hydrogens (primary N) is 1. The molecule has 0 spiro atoms. The van der Waals surface area contributed by atoms with E-state index < -0.39 is 52.7 Å². The van der Waals surface area contributed by atoms with Crippen LogP contribution in [0.4, 0.5) is 11.4 Å². The molecule has 0 fully saturated rings. The van der Waals surface area contributed by atoms with Crippen molar-refractivity contribution in [3.05, 3.63) is 84.0 Å². The minimum atomic E-state index is -0.924. The molecular formula is C59H81N5O16. The van der Waals surface area contributed by atoms with Crippen LogP contribution in [0.5, 0.6) is 11.5 Å². The van der Waals surface area contributed by atoms with Crippen LogP contribution in [0.1, 0.15) is 139 Å². The maximum atomic E-state index is 12.9. The molecule has 0 radical (unpaired) electrons. The van der Waals surface area contributed by atoms with Gasteiger partial charge in [-0.1, -0.05) is 47.3 Å². The molecular weight excluding hydrogens is 1030 g/mol. The van der Waals surface area contributed by atoms with E-state index in [0.29, 0.717) is 30.9 Å². The molecule has 7 amide bonds. The molecule has 4 atom stereocenters. The van der Waals surface area contributed by atoms with Gasteiger partial charge in [0.1, 0.15) is 17.0 Å². The van der Waals surface area contributed by atoms with Crippen molar-refractivity contribution in [1.29, 1.82) is 0 Å². The molecule has 0 saturated carbocycles. The van der Waals surface area contributed by atoms with Crippen LogP contribution in [0, 0.1) is 23.7 Å². The van der Waals surface area contributed by atoms with Gasteiger partial charge in [-0.15, -0.1) is 0 Å². The van der Waals surface area contributed by atoms with Crippen LogP contribution in [0.2, 0.25) is 0 Å². The summed E-state index contributed by atoms with van der Waals surface area (Å²) in [6.07, 6.45) is 10.4. The van der Waals surface area contributed by atoms with Gasteiger partial charge in [-0.3, -0.25) is 67.4 Å². The number of phenols is 1. The summed E-state index contributed by atoms with van der Waals surface area (Å²) in [5.74, 6) is -4.61. The third-order valence-electron chi connectivity index (χ3n) is 12.0. The Bertz CT molecular complexity index is 2620. The molecule has 80 heavy (non-hydrogen) atoms. The van der Waals surface area contributed by atoms with E-state index in [1.54, 1.807) is 30.3 Å². The zero-order valence-corrected chi connectivity index (χ0v) is 47.0. The van der Waals surface area contributed by atoms with Crippen LogP contribution in [0.25, 0.3) is 0 Å². The van der Waals surface area contributed by atoms with E-state index in [0.717, 1.165) is 38.7 Å². The summed E-state index contributed by atoms with van der Waals surface area (Å²) in [6.45, 7) is 19.3. The van der Waals surface area contributed by atoms with E-state index in [-0.39, 0.29) is 118 Å². The first-order valence-electron chi connectivity index (χ1n) is 26.3. The van der Waals surface area contributed by atoms with Crippen LogP contribution >= 0.6 is 0 Å². The minimum Gasteiger partial charge on any atom is -0.506 e. The second-order valence-corrected chi connectivity index (χ2v) is 21.9. The van der Waals surface area contributed by atoms with E-state index in [9.17, 15) is 57.8 Å². The van der Waals surface area contributed by atoms with E-state index in [1.165, 1.54) is 36.5 Å². The highest BCUT2D eigenvalue weighted by molar-refractivity contribution is 6.14. The number of phenolic OH excluding ortho intramolecular Hbond substituents is 1. The molecule has 3 aliphatic rings. The number of carbonyl (C=O) groups is 11. The normalized spacial score (nSPS) is 15.3. The predicted molar refractivity (Wildman–Crippen MR) is 298 cm³/mol. The number of rotatable bonds is 24. The lowest BCUT2D eigenvalue weighted by Crippen LogP contribution is -2.31. The molecule has 0 aromatic heterocycles. The zero-order valence-electron chi connectivity index (χ0n) is 47.0. The van der Waals surface area contributed by atoms with Gasteiger partial charge in [0.05, 0.1) is 23.2 Å². The molecule has 21 heteroatoms. The van der Waals surface area contributed by atoms with Gasteiger partial charge in [-0.25, -0.2) is 0 Å². The Kier molecular flexibility index (Phi) is 26.9. The number of hydrogen-bond donors (Lipinski definition) is 4. The van der Waals surface area contributed by atoms with Crippen molar-refractivity contribution in [1.82, 2.24) is 14.7 Å². The first kappa shape index (κ1) is 68.1. The monoisotopic (exact) mass is 1120 g/mol. The van der Waals surface area contributed by atoms with E-state index in [1.807, 2.05) is 68.4 Å². The number of aliphatic carboxylic acids is 1. The molecule has 5 rings (SSSR count). The van der Waals surface area contributed by atoms with E-state index >= 15 is 0 Å². The van der Waals surface area contributed by atoms with Gasteiger partial charge in [0, 0.05) is 75.4 Å². The minimum absolute atomic E-state index is 0. The second-order valence-electron chi connectivity index (χ2n) is 21.9. The average molecular weight is 1120 g/mol. The molecule has 2 aromatic rings. The zero-order chi connectivity index (χ0) is 59.4. The molecule has 2 unspecified atom stereocenters. The van der Waals surface area contributed by atoms with Crippen molar-refractivity contribution < 1.29 is 77.2 Å². The largest absolute Gasteiger partial charge is 0.506 e. The Morgan fingerprint density at radius 2 is 0.950 bits per heavy atom. The van der Waals surface area contributed by atoms with Crippen LogP contribution in [-0.4, -0.2) is 121 Å². The fourth-order valence-corrected chi connectivity index (χ4v) is 8.31. The first-order chi connectivity index (χ1) is 36.8. The number of imide groups is 3. The summed E-state index contributed by atoms with van der Waals surface area (Å²) in [7, 11) is 0. The highest BCUT2D eigenvalue weighted by Crippen LogP contribution is 2.30. The van der Waals surface area contributed by atoms with Crippen LogP contribution in [0.3, 0.4) is 0 Å². The van der Waals surface area contributed by atoms with Gasteiger partial charge in [0.25, 0.3) is 35.4 Å². The molecule has 3 heterocycles. The third-order valence-corrected chi connectivity index (χ3v) is 12.0. The number of carbonyl (C=O) groups excluding carboxylic acids is 10. The quantitative estimate of drug-likeness (QED) is 0.0261. The summed E-state index contributed by atoms with van der Waals surface area (Å²) in [5, 5.41) is 20.5. The SMILES string of the molecule is C.CC(C[C@@H](C)Cc1ccc(O)c(N)c1)C(=O)OC(C)(C)C.CC(C[C@@H](C)Cc1ccc(OC(=O)CCCN2C(=O)C=CC2=O)c(NC(=O)CCCN2C(=O)C=CC2=O)c1)C(=O)OC(C)(C)C.O=C(O)CCCN1C(=O)C=CC1=O. The highest BCUT2D eigenvalue weighted by atomic mass is 16.6. The number of hydrogen-bond acceptors (Lipinski definition) is 16. The number of anilines is 2. The van der Waals surface area contributed by atoms with Crippen molar-refractivity contribution in [3.63, 3.8) is 0 Å². The number of carboxylic acids is 1. The number of ether oxygens (including phenoxy) is 3. The average Bonchev–Trinajstić information content (AvgIpc) is 3.96. The Balaban J connectivity index is 0.000000511. The number of esters is 3. The summed E-state index contributed by atoms with van der Waals surface area (Å²) in [6, 6.07) is 10.3. The predicted octanol–water partition coefficient (Wildman–Crippen LogP) is 7.42. The van der Waals surface area contributed by atoms with Crippen molar-refractivity contribution in [2.45, 2.75) is 152 Å². The molecule has 0 saturated heterocycles. The van der Waals surface area contributed by atoms with Crippen LogP contribution in [-0.2, 0) is 75.1 Å². The van der Waals surface area contributed by atoms with E-state index in [4.69, 9.17) is 25.1 Å². The molecule has 3 aliphatic heterocycles. The smallest absolute Gasteiger partial charge is 0.311 e.